The summed E-state index contributed by atoms with van der Waals surface area (Å²) in [6.07, 6.45) is 11.9. The average Bonchev–Trinajstić information content (AvgIpc) is 2.20. The van der Waals surface area contributed by atoms with E-state index >= 15 is 0 Å². The van der Waals surface area contributed by atoms with Crippen LogP contribution in [0.1, 0.15) is 44.9 Å². The van der Waals surface area contributed by atoms with Crippen LogP contribution in [-0.2, 0) is 0 Å². The average molecular weight is 224 g/mol. The summed E-state index contributed by atoms with van der Waals surface area (Å²) in [5, 5.41) is 3.48. The summed E-state index contributed by atoms with van der Waals surface area (Å²) in [5.41, 5.74) is 1.66. The minimum Gasteiger partial charge on any atom is -0.313 e. The van der Waals surface area contributed by atoms with Crippen molar-refractivity contribution in [3.63, 3.8) is 0 Å². The summed E-state index contributed by atoms with van der Waals surface area (Å²) >= 11 is 0. The van der Waals surface area contributed by atoms with Gasteiger partial charge >= 0.3 is 0 Å². The molecule has 0 aliphatic heterocycles. The van der Waals surface area contributed by atoms with Crippen LogP contribution in [-0.4, -0.2) is 38.6 Å². The molecule has 0 saturated carbocycles. The lowest BCUT2D eigenvalue weighted by Crippen LogP contribution is -2.31. The van der Waals surface area contributed by atoms with Gasteiger partial charge in [0.15, 0.2) is 0 Å². The molecular formula is C14H28N2. The third-order valence-corrected chi connectivity index (χ3v) is 3.49. The van der Waals surface area contributed by atoms with Crippen molar-refractivity contribution in [2.45, 2.75) is 51.0 Å². The molecule has 1 aliphatic carbocycles. The highest BCUT2D eigenvalue weighted by Crippen LogP contribution is 2.20. The molecule has 0 radical (unpaired) electrons. The molecular weight excluding hydrogens is 196 g/mol. The Bertz CT molecular complexity index is 209. The highest BCUT2D eigenvalue weighted by atomic mass is 15.1. The van der Waals surface area contributed by atoms with Gasteiger partial charge in [0.25, 0.3) is 0 Å². The second kappa shape index (κ2) is 7.86. The summed E-state index contributed by atoms with van der Waals surface area (Å²) in [7, 11) is 6.40. The largest absolute Gasteiger partial charge is 0.313 e. The third-order valence-electron chi connectivity index (χ3n) is 3.49. The van der Waals surface area contributed by atoms with Crippen molar-refractivity contribution in [2.24, 2.45) is 0 Å². The molecule has 94 valence electrons. The summed E-state index contributed by atoms with van der Waals surface area (Å²) in [6.45, 7) is 1.17. The molecule has 1 unspecified atom stereocenters. The molecule has 0 aromatic rings. The molecule has 1 aliphatic rings. The topological polar surface area (TPSA) is 15.3 Å². The van der Waals surface area contributed by atoms with Crippen molar-refractivity contribution >= 4 is 0 Å². The van der Waals surface area contributed by atoms with Gasteiger partial charge in [-0.05, 0) is 59.8 Å². The van der Waals surface area contributed by atoms with Crippen LogP contribution in [0.2, 0.25) is 0 Å². The SMILES string of the molecule is CNC(CCN(C)C)C1=CCCCCCC1. The van der Waals surface area contributed by atoms with Gasteiger partial charge < -0.3 is 10.2 Å². The van der Waals surface area contributed by atoms with Gasteiger partial charge in [0.1, 0.15) is 0 Å². The van der Waals surface area contributed by atoms with Gasteiger partial charge in [0, 0.05) is 6.04 Å². The first kappa shape index (κ1) is 13.7. The second-order valence-corrected chi connectivity index (χ2v) is 5.17. The van der Waals surface area contributed by atoms with E-state index in [1.807, 2.05) is 0 Å². The predicted molar refractivity (Wildman–Crippen MR) is 71.8 cm³/mol. The monoisotopic (exact) mass is 224 g/mol. The molecule has 0 fully saturated rings. The fourth-order valence-electron chi connectivity index (χ4n) is 2.44. The lowest BCUT2D eigenvalue weighted by atomic mass is 9.93. The van der Waals surface area contributed by atoms with Gasteiger partial charge in [0.2, 0.25) is 0 Å². The van der Waals surface area contributed by atoms with E-state index in [-0.39, 0.29) is 0 Å². The Hall–Kier alpha value is -0.340. The first-order valence-electron chi connectivity index (χ1n) is 6.75. The van der Waals surface area contributed by atoms with E-state index in [1.54, 1.807) is 5.57 Å². The van der Waals surface area contributed by atoms with Crippen molar-refractivity contribution in [3.8, 4) is 0 Å². The maximum absolute atomic E-state index is 3.48. The highest BCUT2D eigenvalue weighted by Gasteiger charge is 2.13. The number of hydrogen-bond donors (Lipinski definition) is 1. The summed E-state index contributed by atoms with van der Waals surface area (Å²) in [5.74, 6) is 0. The zero-order valence-electron chi connectivity index (χ0n) is 11.3. The van der Waals surface area contributed by atoms with Crippen LogP contribution in [0.5, 0.6) is 0 Å². The van der Waals surface area contributed by atoms with E-state index in [4.69, 9.17) is 0 Å². The van der Waals surface area contributed by atoms with Gasteiger partial charge in [-0.3, -0.25) is 0 Å². The number of likely N-dealkylation sites (N-methyl/N-ethyl adjacent to an activating group) is 1. The zero-order chi connectivity index (χ0) is 11.8. The first-order chi connectivity index (χ1) is 7.74. The van der Waals surface area contributed by atoms with Crippen molar-refractivity contribution in [3.05, 3.63) is 11.6 Å². The Balaban J connectivity index is 2.47. The standard InChI is InChI=1S/C14H28N2/c1-15-14(11-12-16(2)3)13-9-7-5-4-6-8-10-13/h9,14-15H,4-8,10-12H2,1-3H3. The molecule has 0 heterocycles. The zero-order valence-corrected chi connectivity index (χ0v) is 11.3. The maximum atomic E-state index is 3.48. The van der Waals surface area contributed by atoms with Crippen LogP contribution in [0.4, 0.5) is 0 Å². The fraction of sp³-hybridized carbons (Fsp3) is 0.857. The van der Waals surface area contributed by atoms with Gasteiger partial charge in [-0.15, -0.1) is 0 Å². The van der Waals surface area contributed by atoms with E-state index in [1.165, 1.54) is 51.5 Å². The lowest BCUT2D eigenvalue weighted by Gasteiger charge is -2.23. The summed E-state index contributed by atoms with van der Waals surface area (Å²) in [4.78, 5) is 2.27. The molecule has 2 heteroatoms. The van der Waals surface area contributed by atoms with E-state index in [0.29, 0.717) is 6.04 Å². The molecule has 1 atom stereocenters. The number of nitrogens with zero attached hydrogens (tertiary/aromatic N) is 1. The second-order valence-electron chi connectivity index (χ2n) is 5.17. The Morgan fingerprint density at radius 2 is 2.00 bits per heavy atom. The lowest BCUT2D eigenvalue weighted by molar-refractivity contribution is 0.374. The van der Waals surface area contributed by atoms with E-state index in [0.717, 1.165) is 0 Å². The number of rotatable bonds is 5. The van der Waals surface area contributed by atoms with Gasteiger partial charge in [-0.1, -0.05) is 24.5 Å². The number of allylic oxidation sites excluding steroid dienone is 1. The van der Waals surface area contributed by atoms with Crippen LogP contribution >= 0.6 is 0 Å². The number of hydrogen-bond acceptors (Lipinski definition) is 2. The molecule has 0 aromatic heterocycles. The smallest absolute Gasteiger partial charge is 0.0288 e. The van der Waals surface area contributed by atoms with Crippen molar-refractivity contribution < 1.29 is 0 Å². The van der Waals surface area contributed by atoms with E-state index < -0.39 is 0 Å². The molecule has 0 aromatic carbocycles. The normalized spacial score (nSPS) is 20.1. The Morgan fingerprint density at radius 3 is 2.69 bits per heavy atom. The highest BCUT2D eigenvalue weighted by molar-refractivity contribution is 5.11. The van der Waals surface area contributed by atoms with Crippen molar-refractivity contribution in [2.75, 3.05) is 27.7 Å². The first-order valence-corrected chi connectivity index (χ1v) is 6.75. The van der Waals surface area contributed by atoms with Gasteiger partial charge in [-0.2, -0.15) is 0 Å². The molecule has 0 bridgehead atoms. The molecule has 0 spiro atoms. The third kappa shape index (κ3) is 5.13. The van der Waals surface area contributed by atoms with E-state index in [9.17, 15) is 0 Å². The fourth-order valence-corrected chi connectivity index (χ4v) is 2.44. The maximum Gasteiger partial charge on any atom is 0.0288 e. The minimum atomic E-state index is 0.598. The van der Waals surface area contributed by atoms with Crippen LogP contribution in [0.15, 0.2) is 11.6 Å². The van der Waals surface area contributed by atoms with Crippen LogP contribution in [0.3, 0.4) is 0 Å². The quantitative estimate of drug-likeness (QED) is 0.722. The summed E-state index contributed by atoms with van der Waals surface area (Å²) < 4.78 is 0. The van der Waals surface area contributed by atoms with Crippen LogP contribution in [0, 0.1) is 0 Å². The molecule has 2 nitrogen and oxygen atoms in total. The van der Waals surface area contributed by atoms with E-state index in [2.05, 4.69) is 37.4 Å². The van der Waals surface area contributed by atoms with Gasteiger partial charge in [-0.25, -0.2) is 0 Å². The predicted octanol–water partition coefficient (Wildman–Crippen LogP) is 2.81. The van der Waals surface area contributed by atoms with Crippen LogP contribution in [0.25, 0.3) is 0 Å². The Morgan fingerprint density at radius 1 is 1.25 bits per heavy atom. The van der Waals surface area contributed by atoms with Gasteiger partial charge in [0.05, 0.1) is 0 Å². The Kier molecular flexibility index (Phi) is 6.74. The van der Waals surface area contributed by atoms with Crippen LogP contribution < -0.4 is 5.32 Å². The summed E-state index contributed by atoms with van der Waals surface area (Å²) in [6, 6.07) is 0.598. The Labute approximate surface area is 101 Å². The minimum absolute atomic E-state index is 0.598. The molecule has 0 amide bonds. The van der Waals surface area contributed by atoms with Crippen molar-refractivity contribution in [1.82, 2.24) is 10.2 Å². The van der Waals surface area contributed by atoms with Crippen molar-refractivity contribution in [1.29, 1.82) is 0 Å². The molecule has 0 saturated heterocycles. The number of nitrogens with one attached hydrogen (secondary N) is 1. The molecule has 1 N–H and O–H groups in total. The molecule has 16 heavy (non-hydrogen) atoms. The molecule has 1 rings (SSSR count).